The van der Waals surface area contributed by atoms with Crippen molar-refractivity contribution >= 4 is 17.9 Å². The van der Waals surface area contributed by atoms with Crippen molar-refractivity contribution in [3.8, 4) is 0 Å². The van der Waals surface area contributed by atoms with E-state index in [0.29, 0.717) is 43.4 Å². The molecule has 0 spiro atoms. The lowest BCUT2D eigenvalue weighted by molar-refractivity contribution is -0.929. The molecule has 0 unspecified atom stereocenters. The fourth-order valence-electron chi connectivity index (χ4n) is 6.07. The number of carbonyl (C=O) groups is 3. The van der Waals surface area contributed by atoms with Crippen molar-refractivity contribution in [2.24, 2.45) is 0 Å². The van der Waals surface area contributed by atoms with Crippen LogP contribution in [-0.2, 0) is 14.4 Å². The molecule has 0 atom stereocenters. The summed E-state index contributed by atoms with van der Waals surface area (Å²) in [7, 11) is 0. The van der Waals surface area contributed by atoms with Crippen LogP contribution >= 0.6 is 0 Å². The highest BCUT2D eigenvalue weighted by Gasteiger charge is 2.27. The van der Waals surface area contributed by atoms with Crippen LogP contribution in [0.1, 0.15) is 167 Å². The maximum atomic E-state index is 11.1. The summed E-state index contributed by atoms with van der Waals surface area (Å²) in [6, 6.07) is 0. The summed E-state index contributed by atoms with van der Waals surface area (Å²) in [6.07, 6.45) is 31.3. The average molecular weight is 597 g/mol. The van der Waals surface area contributed by atoms with Gasteiger partial charge in [-0.25, -0.2) is 0 Å². The third-order valence-corrected chi connectivity index (χ3v) is 8.56. The fourth-order valence-corrected chi connectivity index (χ4v) is 6.07. The number of aliphatic carboxylic acids is 3. The number of nitrogens with zero attached hydrogens (tertiary/aromatic N) is 1. The van der Waals surface area contributed by atoms with E-state index >= 15 is 0 Å². The first-order valence-electron chi connectivity index (χ1n) is 17.4. The molecule has 0 heterocycles. The molecule has 0 amide bonds. The monoisotopic (exact) mass is 596 g/mol. The van der Waals surface area contributed by atoms with Gasteiger partial charge in [-0.05, 0) is 32.6 Å². The van der Waals surface area contributed by atoms with Crippen LogP contribution < -0.4 is 0 Å². The zero-order valence-corrected chi connectivity index (χ0v) is 27.2. The molecule has 0 radical (unpaired) electrons. The lowest BCUT2D eigenvalue weighted by atomic mass is 10.0. The largest absolute Gasteiger partial charge is 0.481 e. The van der Waals surface area contributed by atoms with Gasteiger partial charge in [0, 0.05) is 19.3 Å². The quantitative estimate of drug-likeness (QED) is 0.0395. The Morgan fingerprint density at radius 1 is 0.429 bits per heavy atom. The topological polar surface area (TPSA) is 112 Å². The molecule has 0 aliphatic carbocycles. The van der Waals surface area contributed by atoms with E-state index in [2.05, 4.69) is 19.1 Å². The minimum absolute atomic E-state index is 0.0929. The van der Waals surface area contributed by atoms with Crippen LogP contribution in [0.2, 0.25) is 0 Å². The van der Waals surface area contributed by atoms with Gasteiger partial charge in [0.25, 0.3) is 0 Å². The molecule has 0 aliphatic rings. The molecule has 7 nitrogen and oxygen atoms in total. The molecule has 0 aromatic rings. The van der Waals surface area contributed by atoms with E-state index in [-0.39, 0.29) is 19.3 Å². The van der Waals surface area contributed by atoms with Gasteiger partial charge in [0.2, 0.25) is 0 Å². The first kappa shape index (κ1) is 40.1. The second-order valence-corrected chi connectivity index (χ2v) is 12.4. The number of quaternary nitrogens is 1. The Morgan fingerprint density at radius 2 is 0.690 bits per heavy atom. The average Bonchev–Trinajstić information content (AvgIpc) is 2.93. The highest BCUT2D eigenvalue weighted by atomic mass is 16.4. The molecule has 0 aliphatic heterocycles. The maximum absolute atomic E-state index is 11.1. The summed E-state index contributed by atoms with van der Waals surface area (Å²) in [5, 5.41) is 27.3. The number of allylic oxidation sites excluding steroid dienone is 2. The van der Waals surface area contributed by atoms with Crippen molar-refractivity contribution in [2.75, 3.05) is 26.2 Å². The van der Waals surface area contributed by atoms with Crippen LogP contribution in [0.25, 0.3) is 0 Å². The summed E-state index contributed by atoms with van der Waals surface area (Å²) >= 11 is 0. The summed E-state index contributed by atoms with van der Waals surface area (Å²) in [4.78, 5) is 33.3. The highest BCUT2D eigenvalue weighted by Crippen LogP contribution is 2.19. The van der Waals surface area contributed by atoms with Crippen LogP contribution in [0.15, 0.2) is 12.2 Å². The fraction of sp³-hybridized carbons (Fsp3) is 0.857. The van der Waals surface area contributed by atoms with Crippen LogP contribution in [0, 0.1) is 0 Å². The Kier molecular flexibility index (Phi) is 27.9. The third kappa shape index (κ3) is 28.2. The lowest BCUT2D eigenvalue weighted by Gasteiger charge is -2.39. The molecule has 0 bridgehead atoms. The van der Waals surface area contributed by atoms with E-state index in [1.807, 2.05) is 0 Å². The minimum atomic E-state index is -0.822. The Balaban J connectivity index is 4.00. The van der Waals surface area contributed by atoms with Gasteiger partial charge in [0.05, 0.1) is 45.4 Å². The van der Waals surface area contributed by atoms with Crippen LogP contribution in [0.3, 0.4) is 0 Å². The SMILES string of the molecule is C/C=C/CCCCCCCCCCCCCCCCCCCC[N+](CCCC(=O)O)(CCCC(=O)O)CCCC(=O)O. The van der Waals surface area contributed by atoms with Crippen molar-refractivity contribution in [3.05, 3.63) is 12.2 Å². The number of unbranched alkanes of at least 4 members (excludes halogenated alkanes) is 18. The van der Waals surface area contributed by atoms with E-state index < -0.39 is 17.9 Å². The number of hydrogen-bond acceptors (Lipinski definition) is 3. The van der Waals surface area contributed by atoms with Gasteiger partial charge in [0.1, 0.15) is 0 Å². The first-order chi connectivity index (χ1) is 20.3. The normalized spacial score (nSPS) is 11.8. The summed E-state index contributed by atoms with van der Waals surface area (Å²) < 4.78 is 0.644. The van der Waals surface area contributed by atoms with Gasteiger partial charge in [-0.1, -0.05) is 108 Å². The van der Waals surface area contributed by atoms with E-state index in [1.54, 1.807) is 0 Å². The Hall–Kier alpha value is -1.89. The van der Waals surface area contributed by atoms with Crippen molar-refractivity contribution in [3.63, 3.8) is 0 Å². The van der Waals surface area contributed by atoms with Gasteiger partial charge >= 0.3 is 17.9 Å². The lowest BCUT2D eigenvalue weighted by Crippen LogP contribution is -2.51. The summed E-state index contributed by atoms with van der Waals surface area (Å²) in [5.74, 6) is -2.47. The molecule has 0 aromatic carbocycles. The van der Waals surface area contributed by atoms with Crippen LogP contribution in [-0.4, -0.2) is 63.9 Å². The molecule has 7 heteroatoms. The molecule has 0 saturated heterocycles. The van der Waals surface area contributed by atoms with Crippen molar-refractivity contribution in [2.45, 2.75) is 167 Å². The molecule has 246 valence electrons. The summed E-state index contributed by atoms with van der Waals surface area (Å²) in [5.41, 5.74) is 0. The van der Waals surface area contributed by atoms with Gasteiger partial charge in [-0.2, -0.15) is 0 Å². The van der Waals surface area contributed by atoms with E-state index in [4.69, 9.17) is 15.3 Å². The zero-order valence-electron chi connectivity index (χ0n) is 27.2. The Bertz CT molecular complexity index is 643. The minimum Gasteiger partial charge on any atom is -0.481 e. The first-order valence-corrected chi connectivity index (χ1v) is 17.4. The van der Waals surface area contributed by atoms with Gasteiger partial charge in [-0.15, -0.1) is 0 Å². The smallest absolute Gasteiger partial charge is 0.303 e. The molecule has 42 heavy (non-hydrogen) atoms. The van der Waals surface area contributed by atoms with E-state index in [0.717, 1.165) is 19.4 Å². The molecular formula is C35H66NO6+. The molecule has 0 aromatic heterocycles. The Labute approximate surface area is 257 Å². The van der Waals surface area contributed by atoms with E-state index in [9.17, 15) is 14.4 Å². The molecule has 0 rings (SSSR count). The second kappa shape index (κ2) is 29.2. The van der Waals surface area contributed by atoms with Gasteiger partial charge in [-0.3, -0.25) is 14.4 Å². The van der Waals surface area contributed by atoms with Crippen molar-refractivity contribution in [1.29, 1.82) is 0 Å². The number of hydrogen-bond donors (Lipinski definition) is 3. The second-order valence-electron chi connectivity index (χ2n) is 12.4. The van der Waals surface area contributed by atoms with Gasteiger partial charge in [0.15, 0.2) is 0 Å². The molecular weight excluding hydrogens is 530 g/mol. The predicted octanol–water partition coefficient (Wildman–Crippen LogP) is 9.39. The van der Waals surface area contributed by atoms with Crippen molar-refractivity contribution in [1.82, 2.24) is 0 Å². The molecule has 3 N–H and O–H groups in total. The number of rotatable bonds is 33. The van der Waals surface area contributed by atoms with Crippen molar-refractivity contribution < 1.29 is 34.2 Å². The van der Waals surface area contributed by atoms with Crippen LogP contribution in [0.5, 0.6) is 0 Å². The Morgan fingerprint density at radius 3 is 0.976 bits per heavy atom. The predicted molar refractivity (Wildman–Crippen MR) is 173 cm³/mol. The van der Waals surface area contributed by atoms with E-state index in [1.165, 1.54) is 109 Å². The highest BCUT2D eigenvalue weighted by molar-refractivity contribution is 5.67. The standard InChI is InChI=1S/C35H65NO6/c1-2-3-4-5-6-7-8-9-10-11-12-13-14-15-16-17-18-19-20-21-22-29-36(30-23-26-33(37)38,31-24-27-34(39)40)32-25-28-35(41)42/h2-3H,4-32H2,1H3,(H2-,37,38,39,40,41,42)/p+1/b3-2+. The summed E-state index contributed by atoms with van der Waals surface area (Å²) in [6.45, 7) is 4.98. The van der Waals surface area contributed by atoms with Crippen LogP contribution in [0.4, 0.5) is 0 Å². The number of carboxylic acid groups (broad SMARTS) is 3. The maximum Gasteiger partial charge on any atom is 0.303 e. The zero-order chi connectivity index (χ0) is 31.2. The van der Waals surface area contributed by atoms with Gasteiger partial charge < -0.3 is 19.8 Å². The molecule has 0 fully saturated rings. The third-order valence-electron chi connectivity index (χ3n) is 8.56. The molecule has 0 saturated carbocycles. The number of carboxylic acids is 3.